The topological polar surface area (TPSA) is 46.5 Å². The third-order valence-corrected chi connectivity index (χ3v) is 3.22. The number of benzene rings is 1. The molecule has 0 saturated heterocycles. The number of alkyl halides is 3. The number of carbonyl (C=O) groups is 1. The van der Waals surface area contributed by atoms with E-state index >= 15 is 0 Å². The molecule has 0 aliphatic heterocycles. The Morgan fingerprint density at radius 3 is 2.25 bits per heavy atom. The van der Waals surface area contributed by atoms with Crippen molar-refractivity contribution in [3.63, 3.8) is 0 Å². The molecule has 0 heterocycles. The van der Waals surface area contributed by atoms with Crippen LogP contribution in [0.1, 0.15) is 31.4 Å². The standard InChI is InChI=1S/C13H14ClF3O3/c1-12(2,6-11(18)19)7-4-9(14)10(20-3)5-8(7)13(15,16)17/h4-5H,6H2,1-3H3,(H,18,19). The lowest BCUT2D eigenvalue weighted by molar-refractivity contribution is -0.141. The minimum atomic E-state index is -4.62. The second-order valence-electron chi connectivity index (χ2n) is 4.98. The van der Waals surface area contributed by atoms with E-state index in [0.29, 0.717) is 0 Å². The number of methoxy groups -OCH3 is 1. The van der Waals surface area contributed by atoms with E-state index in [2.05, 4.69) is 0 Å². The van der Waals surface area contributed by atoms with Crippen LogP contribution in [0.5, 0.6) is 5.75 Å². The SMILES string of the molecule is COc1cc(C(F)(F)F)c(C(C)(C)CC(=O)O)cc1Cl. The first-order valence-electron chi connectivity index (χ1n) is 5.66. The number of aliphatic carboxylic acids is 1. The summed E-state index contributed by atoms with van der Waals surface area (Å²) in [5.41, 5.74) is -2.32. The summed E-state index contributed by atoms with van der Waals surface area (Å²) in [6, 6.07) is 1.91. The Hall–Kier alpha value is -1.43. The van der Waals surface area contributed by atoms with Gasteiger partial charge in [0, 0.05) is 5.41 Å². The zero-order valence-electron chi connectivity index (χ0n) is 11.1. The summed E-state index contributed by atoms with van der Waals surface area (Å²) in [7, 11) is 1.21. The van der Waals surface area contributed by atoms with Crippen LogP contribution in [0.4, 0.5) is 13.2 Å². The van der Waals surface area contributed by atoms with Gasteiger partial charge in [-0.1, -0.05) is 25.4 Å². The summed E-state index contributed by atoms with van der Waals surface area (Å²) < 4.78 is 44.1. The van der Waals surface area contributed by atoms with Gasteiger partial charge in [0.05, 0.1) is 24.1 Å². The maximum absolute atomic E-state index is 13.1. The lowest BCUT2D eigenvalue weighted by atomic mass is 9.79. The van der Waals surface area contributed by atoms with Gasteiger partial charge in [-0.2, -0.15) is 13.2 Å². The second-order valence-corrected chi connectivity index (χ2v) is 5.39. The lowest BCUT2D eigenvalue weighted by Gasteiger charge is -2.27. The van der Waals surface area contributed by atoms with E-state index in [1.807, 2.05) is 0 Å². The molecule has 7 heteroatoms. The maximum atomic E-state index is 13.1. The van der Waals surface area contributed by atoms with Crippen LogP contribution in [0.2, 0.25) is 5.02 Å². The molecule has 3 nitrogen and oxygen atoms in total. The van der Waals surface area contributed by atoms with Gasteiger partial charge < -0.3 is 9.84 Å². The average Bonchev–Trinajstić information content (AvgIpc) is 2.25. The van der Waals surface area contributed by atoms with E-state index < -0.39 is 29.5 Å². The first-order chi connectivity index (χ1) is 8.99. The van der Waals surface area contributed by atoms with Crippen molar-refractivity contribution in [3.05, 3.63) is 28.3 Å². The monoisotopic (exact) mass is 310 g/mol. The van der Waals surface area contributed by atoms with Gasteiger partial charge in [-0.25, -0.2) is 0 Å². The highest BCUT2D eigenvalue weighted by molar-refractivity contribution is 6.32. The summed E-state index contributed by atoms with van der Waals surface area (Å²) in [5.74, 6) is -1.29. The molecular formula is C13H14ClF3O3. The van der Waals surface area contributed by atoms with Crippen molar-refractivity contribution in [3.8, 4) is 5.75 Å². The Kier molecular flexibility index (Phi) is 4.59. The maximum Gasteiger partial charge on any atom is 0.416 e. The van der Waals surface area contributed by atoms with Gasteiger partial charge in [0.25, 0.3) is 0 Å². The van der Waals surface area contributed by atoms with E-state index in [1.54, 1.807) is 0 Å². The van der Waals surface area contributed by atoms with E-state index in [0.717, 1.165) is 12.1 Å². The predicted molar refractivity (Wildman–Crippen MR) is 68.3 cm³/mol. The van der Waals surface area contributed by atoms with Gasteiger partial charge in [0.15, 0.2) is 0 Å². The molecule has 1 aromatic carbocycles. The van der Waals surface area contributed by atoms with Crippen LogP contribution in [-0.2, 0) is 16.4 Å². The van der Waals surface area contributed by atoms with Crippen molar-refractivity contribution in [2.24, 2.45) is 0 Å². The minimum absolute atomic E-state index is 0.00830. The third-order valence-electron chi connectivity index (χ3n) is 2.92. The fourth-order valence-corrected chi connectivity index (χ4v) is 2.22. The highest BCUT2D eigenvalue weighted by atomic mass is 35.5. The molecule has 0 atom stereocenters. The number of hydrogen-bond acceptors (Lipinski definition) is 2. The molecule has 0 aromatic heterocycles. The highest BCUT2D eigenvalue weighted by Gasteiger charge is 2.39. The molecular weight excluding hydrogens is 297 g/mol. The Balaban J connectivity index is 3.52. The van der Waals surface area contributed by atoms with Crippen LogP contribution in [0.15, 0.2) is 12.1 Å². The summed E-state index contributed by atoms with van der Waals surface area (Å²) in [6.07, 6.45) is -5.07. The average molecular weight is 311 g/mol. The number of ether oxygens (including phenoxy) is 1. The van der Waals surface area contributed by atoms with E-state index in [9.17, 15) is 18.0 Å². The molecule has 1 aromatic rings. The molecule has 0 unspecified atom stereocenters. The highest BCUT2D eigenvalue weighted by Crippen LogP contribution is 2.43. The van der Waals surface area contributed by atoms with Gasteiger partial charge in [0.1, 0.15) is 5.75 Å². The second kappa shape index (κ2) is 5.52. The number of carboxylic acid groups (broad SMARTS) is 1. The van der Waals surface area contributed by atoms with Crippen LogP contribution in [0, 0.1) is 0 Å². The van der Waals surface area contributed by atoms with Crippen LogP contribution in [-0.4, -0.2) is 18.2 Å². The van der Waals surface area contributed by atoms with Gasteiger partial charge in [-0.15, -0.1) is 0 Å². The third kappa shape index (κ3) is 3.56. The molecule has 20 heavy (non-hydrogen) atoms. The molecule has 0 spiro atoms. The largest absolute Gasteiger partial charge is 0.495 e. The summed E-state index contributed by atoms with van der Waals surface area (Å²) >= 11 is 5.85. The minimum Gasteiger partial charge on any atom is -0.495 e. The number of rotatable bonds is 4. The first-order valence-corrected chi connectivity index (χ1v) is 6.04. The Morgan fingerprint density at radius 1 is 1.30 bits per heavy atom. The smallest absolute Gasteiger partial charge is 0.416 e. The van der Waals surface area contributed by atoms with Crippen molar-refractivity contribution < 1.29 is 27.8 Å². The van der Waals surface area contributed by atoms with E-state index in [4.69, 9.17) is 21.4 Å². The molecule has 0 aliphatic rings. The van der Waals surface area contributed by atoms with Crippen LogP contribution >= 0.6 is 11.6 Å². The van der Waals surface area contributed by atoms with Crippen molar-refractivity contribution in [1.29, 1.82) is 0 Å². The van der Waals surface area contributed by atoms with Crippen molar-refractivity contribution in [2.45, 2.75) is 31.9 Å². The summed E-state index contributed by atoms with van der Waals surface area (Å²) in [6.45, 7) is 2.85. The van der Waals surface area contributed by atoms with Gasteiger partial charge >= 0.3 is 12.1 Å². The van der Waals surface area contributed by atoms with Crippen molar-refractivity contribution in [2.75, 3.05) is 7.11 Å². The number of hydrogen-bond donors (Lipinski definition) is 1. The molecule has 0 saturated carbocycles. The quantitative estimate of drug-likeness (QED) is 0.910. The van der Waals surface area contributed by atoms with Crippen molar-refractivity contribution in [1.82, 2.24) is 0 Å². The normalized spacial score (nSPS) is 12.3. The lowest BCUT2D eigenvalue weighted by Crippen LogP contribution is -2.26. The zero-order chi connectivity index (χ0) is 15.7. The fraction of sp³-hybridized carbons (Fsp3) is 0.462. The zero-order valence-corrected chi connectivity index (χ0v) is 11.9. The Bertz CT molecular complexity index is 524. The molecule has 0 aliphatic carbocycles. The van der Waals surface area contributed by atoms with Crippen LogP contribution in [0.3, 0.4) is 0 Å². The number of halogens is 4. The molecule has 0 fully saturated rings. The van der Waals surface area contributed by atoms with Crippen molar-refractivity contribution >= 4 is 17.6 Å². The fourth-order valence-electron chi connectivity index (χ4n) is 1.98. The van der Waals surface area contributed by atoms with Gasteiger partial charge in [0.2, 0.25) is 0 Å². The first kappa shape index (κ1) is 16.6. The summed E-state index contributed by atoms with van der Waals surface area (Å²) in [5, 5.41) is 8.84. The van der Waals surface area contributed by atoms with E-state index in [-0.39, 0.29) is 16.3 Å². The number of carboxylic acids is 1. The Labute approximate surface area is 119 Å². The molecule has 112 valence electrons. The molecule has 1 rings (SSSR count). The van der Waals surface area contributed by atoms with Crippen LogP contribution in [0.25, 0.3) is 0 Å². The molecule has 1 N–H and O–H groups in total. The predicted octanol–water partition coefficient (Wildman–Crippen LogP) is 4.12. The van der Waals surface area contributed by atoms with Gasteiger partial charge in [-0.3, -0.25) is 4.79 Å². The summed E-state index contributed by atoms with van der Waals surface area (Å²) in [4.78, 5) is 10.8. The Morgan fingerprint density at radius 2 is 1.85 bits per heavy atom. The van der Waals surface area contributed by atoms with Crippen LogP contribution < -0.4 is 4.74 Å². The molecule has 0 bridgehead atoms. The van der Waals surface area contributed by atoms with Gasteiger partial charge in [-0.05, 0) is 17.7 Å². The van der Waals surface area contributed by atoms with E-state index in [1.165, 1.54) is 21.0 Å². The molecule has 0 radical (unpaired) electrons. The molecule has 0 amide bonds.